The smallest absolute Gasteiger partial charge is 0.292 e. The van der Waals surface area contributed by atoms with Crippen LogP contribution in [0.5, 0.6) is 0 Å². The second-order valence-corrected chi connectivity index (χ2v) is 7.11. The van der Waals surface area contributed by atoms with Crippen LogP contribution in [0.15, 0.2) is 48.5 Å². The Kier molecular flexibility index (Phi) is 6.28. The highest BCUT2D eigenvalue weighted by molar-refractivity contribution is 6.42. The number of para-hydroxylation sites is 2. The Morgan fingerprint density at radius 1 is 1.00 bits per heavy atom. The largest absolute Gasteiger partial charge is 0.378 e. The summed E-state index contributed by atoms with van der Waals surface area (Å²) in [5.41, 5.74) is 1.69. The van der Waals surface area contributed by atoms with Gasteiger partial charge in [0.25, 0.3) is 11.6 Å². The summed E-state index contributed by atoms with van der Waals surface area (Å²) < 4.78 is 0. The van der Waals surface area contributed by atoms with E-state index in [0.29, 0.717) is 11.3 Å². The Bertz CT molecular complexity index is 839. The fourth-order valence-corrected chi connectivity index (χ4v) is 2.49. The molecule has 7 heteroatoms. The van der Waals surface area contributed by atoms with Crippen LogP contribution in [0, 0.1) is 10.1 Å². The maximum Gasteiger partial charge on any atom is 0.292 e. The minimum absolute atomic E-state index is 0.0322. The molecule has 1 amide bonds. The first kappa shape index (κ1) is 20.1. The lowest BCUT2D eigenvalue weighted by atomic mass is 9.86. The van der Waals surface area contributed by atoms with Crippen molar-refractivity contribution in [3.05, 3.63) is 69.8 Å². The highest BCUT2D eigenvalue weighted by Gasteiger charge is 2.18. The van der Waals surface area contributed by atoms with E-state index in [1.807, 2.05) is 12.1 Å². The normalized spacial score (nSPS) is 10.9. The van der Waals surface area contributed by atoms with Crippen LogP contribution >= 0.6 is 0 Å². The molecule has 0 bridgehead atoms. The van der Waals surface area contributed by atoms with Gasteiger partial charge in [-0.3, -0.25) is 19.7 Å². The summed E-state index contributed by atoms with van der Waals surface area (Å²) >= 11 is 0. The van der Waals surface area contributed by atoms with Crippen LogP contribution in [0.3, 0.4) is 0 Å². The van der Waals surface area contributed by atoms with Gasteiger partial charge in [-0.15, -0.1) is 0 Å². The first-order valence-corrected chi connectivity index (χ1v) is 8.60. The Morgan fingerprint density at radius 2 is 1.63 bits per heavy atom. The number of rotatable bonds is 7. The van der Waals surface area contributed by atoms with Gasteiger partial charge in [0.15, 0.2) is 0 Å². The predicted molar refractivity (Wildman–Crippen MR) is 104 cm³/mol. The van der Waals surface area contributed by atoms with Gasteiger partial charge in [0.05, 0.1) is 4.92 Å². The third-order valence-electron chi connectivity index (χ3n) is 4.05. The van der Waals surface area contributed by atoms with Crippen LogP contribution in [0.1, 0.15) is 36.7 Å². The van der Waals surface area contributed by atoms with Crippen molar-refractivity contribution in [1.29, 1.82) is 0 Å². The molecule has 2 rings (SSSR count). The molecule has 0 heterocycles. The van der Waals surface area contributed by atoms with Gasteiger partial charge in [-0.2, -0.15) is 0 Å². The Morgan fingerprint density at radius 3 is 2.22 bits per heavy atom. The second-order valence-electron chi connectivity index (χ2n) is 7.11. The van der Waals surface area contributed by atoms with Gasteiger partial charge in [-0.25, -0.2) is 0 Å². The maximum absolute atomic E-state index is 12.2. The van der Waals surface area contributed by atoms with Crippen molar-refractivity contribution in [2.24, 2.45) is 0 Å². The summed E-state index contributed by atoms with van der Waals surface area (Å²) in [5, 5.41) is 16.4. The fourth-order valence-electron chi connectivity index (χ4n) is 2.49. The number of benzene rings is 2. The number of Topliss-reactive ketones (excluding diaryl/α,β-unsaturated/α-hetero) is 1. The van der Waals surface area contributed by atoms with Crippen LogP contribution in [0.2, 0.25) is 0 Å². The van der Waals surface area contributed by atoms with E-state index in [0.717, 1.165) is 5.56 Å². The summed E-state index contributed by atoms with van der Waals surface area (Å²) in [6, 6.07) is 13.2. The zero-order valence-corrected chi connectivity index (χ0v) is 15.6. The van der Waals surface area contributed by atoms with Gasteiger partial charge in [-0.05, 0) is 17.0 Å². The van der Waals surface area contributed by atoms with Gasteiger partial charge in [-0.1, -0.05) is 57.2 Å². The van der Waals surface area contributed by atoms with Gasteiger partial charge >= 0.3 is 0 Å². The summed E-state index contributed by atoms with van der Waals surface area (Å²) in [5.74, 6) is -1.32. The average Bonchev–Trinajstić information content (AvgIpc) is 2.64. The van der Waals surface area contributed by atoms with Crippen LogP contribution in [-0.2, 0) is 10.2 Å². The molecule has 0 fully saturated rings. The molecule has 0 spiro atoms. The molecule has 7 nitrogen and oxygen atoms in total. The molecular formula is C20H23N3O4. The maximum atomic E-state index is 12.2. The molecule has 27 heavy (non-hydrogen) atoms. The standard InChI is InChI=1S/C20H23N3O4/c1-20(2,3)15-10-8-14(9-11-15)18(24)19(25)22-13-12-21-16-6-4-5-7-17(16)23(26)27/h4-11,21H,12-13H2,1-3H3,(H,22,25). The third kappa shape index (κ3) is 5.37. The Labute approximate surface area is 157 Å². The second kappa shape index (κ2) is 8.44. The van der Waals surface area contributed by atoms with E-state index in [-0.39, 0.29) is 24.2 Å². The van der Waals surface area contributed by atoms with Crippen molar-refractivity contribution in [2.75, 3.05) is 18.4 Å². The monoisotopic (exact) mass is 369 g/mol. The van der Waals surface area contributed by atoms with Crippen molar-refractivity contribution in [1.82, 2.24) is 5.32 Å². The topological polar surface area (TPSA) is 101 Å². The molecule has 0 aliphatic carbocycles. The van der Waals surface area contributed by atoms with Crippen molar-refractivity contribution in [3.63, 3.8) is 0 Å². The SMILES string of the molecule is CC(C)(C)c1ccc(C(=O)C(=O)NCCNc2ccccc2[N+](=O)[O-])cc1. The summed E-state index contributed by atoms with van der Waals surface area (Å²) in [4.78, 5) is 34.7. The molecule has 2 aromatic rings. The number of nitrogens with one attached hydrogen (secondary N) is 2. The molecule has 0 aliphatic rings. The molecule has 0 aromatic heterocycles. The minimum atomic E-state index is -0.706. The number of nitro benzene ring substituents is 1. The quantitative estimate of drug-likeness (QED) is 0.256. The van der Waals surface area contributed by atoms with Crippen LogP contribution < -0.4 is 10.6 Å². The molecule has 142 valence electrons. The highest BCUT2D eigenvalue weighted by Crippen LogP contribution is 2.23. The van der Waals surface area contributed by atoms with Crippen LogP contribution in [0.25, 0.3) is 0 Å². The molecule has 2 N–H and O–H groups in total. The van der Waals surface area contributed by atoms with E-state index < -0.39 is 16.6 Å². The van der Waals surface area contributed by atoms with Crippen LogP contribution in [0.4, 0.5) is 11.4 Å². The first-order valence-electron chi connectivity index (χ1n) is 8.60. The van der Waals surface area contributed by atoms with Gasteiger partial charge < -0.3 is 10.6 Å². The lowest BCUT2D eigenvalue weighted by Gasteiger charge is -2.18. The molecule has 0 unspecified atom stereocenters. The van der Waals surface area contributed by atoms with Gasteiger partial charge in [0.1, 0.15) is 5.69 Å². The number of anilines is 1. The molecular weight excluding hydrogens is 346 g/mol. The Hall–Kier alpha value is -3.22. The fraction of sp³-hybridized carbons (Fsp3) is 0.300. The van der Waals surface area contributed by atoms with E-state index in [1.165, 1.54) is 6.07 Å². The molecule has 0 atom stereocenters. The van der Waals surface area contributed by atoms with E-state index in [1.54, 1.807) is 30.3 Å². The van der Waals surface area contributed by atoms with Crippen molar-refractivity contribution in [2.45, 2.75) is 26.2 Å². The Balaban J connectivity index is 1.87. The first-order chi connectivity index (χ1) is 12.7. The number of ketones is 1. The van der Waals surface area contributed by atoms with E-state index in [9.17, 15) is 19.7 Å². The molecule has 0 saturated heterocycles. The van der Waals surface area contributed by atoms with E-state index >= 15 is 0 Å². The summed E-state index contributed by atoms with van der Waals surface area (Å²) in [7, 11) is 0. The number of hydrogen-bond donors (Lipinski definition) is 2. The number of nitro groups is 1. The number of hydrogen-bond acceptors (Lipinski definition) is 5. The van der Waals surface area contributed by atoms with E-state index in [4.69, 9.17) is 0 Å². The zero-order valence-electron chi connectivity index (χ0n) is 15.6. The third-order valence-corrected chi connectivity index (χ3v) is 4.05. The van der Waals surface area contributed by atoms with Gasteiger partial charge in [0, 0.05) is 24.7 Å². The molecule has 0 saturated carbocycles. The van der Waals surface area contributed by atoms with Crippen molar-refractivity contribution in [3.8, 4) is 0 Å². The average molecular weight is 369 g/mol. The summed E-state index contributed by atoms with van der Waals surface area (Å²) in [6.45, 7) is 6.63. The summed E-state index contributed by atoms with van der Waals surface area (Å²) in [6.07, 6.45) is 0. The van der Waals surface area contributed by atoms with Gasteiger partial charge in [0.2, 0.25) is 5.78 Å². The van der Waals surface area contributed by atoms with Crippen LogP contribution in [-0.4, -0.2) is 29.7 Å². The number of amides is 1. The lowest BCUT2D eigenvalue weighted by molar-refractivity contribution is -0.384. The van der Waals surface area contributed by atoms with Crippen molar-refractivity contribution >= 4 is 23.1 Å². The number of carbonyl (C=O) groups is 2. The number of nitrogens with zero attached hydrogens (tertiary/aromatic N) is 1. The zero-order chi connectivity index (χ0) is 20.0. The predicted octanol–water partition coefficient (Wildman–Crippen LogP) is 3.30. The van der Waals surface area contributed by atoms with Crippen molar-refractivity contribution < 1.29 is 14.5 Å². The molecule has 0 radical (unpaired) electrons. The lowest BCUT2D eigenvalue weighted by Crippen LogP contribution is -2.34. The number of carbonyl (C=O) groups excluding carboxylic acids is 2. The minimum Gasteiger partial charge on any atom is -0.378 e. The van der Waals surface area contributed by atoms with E-state index in [2.05, 4.69) is 31.4 Å². The molecule has 0 aliphatic heterocycles. The highest BCUT2D eigenvalue weighted by atomic mass is 16.6. The molecule has 2 aromatic carbocycles.